The van der Waals surface area contributed by atoms with Crippen molar-refractivity contribution in [1.29, 1.82) is 0 Å². The van der Waals surface area contributed by atoms with Crippen LogP contribution in [0, 0.1) is 11.3 Å². The highest BCUT2D eigenvalue weighted by Gasteiger charge is 2.42. The third kappa shape index (κ3) is 1.58. The van der Waals surface area contributed by atoms with Crippen molar-refractivity contribution in [2.24, 2.45) is 17.1 Å². The molecule has 0 aromatic heterocycles. The van der Waals surface area contributed by atoms with E-state index >= 15 is 0 Å². The fourth-order valence-corrected chi connectivity index (χ4v) is 2.50. The van der Waals surface area contributed by atoms with Crippen LogP contribution in [0.2, 0.25) is 0 Å². The zero-order chi connectivity index (χ0) is 7.73. The van der Waals surface area contributed by atoms with Crippen LogP contribution >= 0.6 is 0 Å². The van der Waals surface area contributed by atoms with Crippen LogP contribution in [0.15, 0.2) is 0 Å². The molecule has 0 spiro atoms. The molecule has 0 aromatic rings. The van der Waals surface area contributed by atoms with Crippen molar-refractivity contribution in [2.45, 2.75) is 44.9 Å². The first-order valence-electron chi connectivity index (χ1n) is 5.05. The van der Waals surface area contributed by atoms with Gasteiger partial charge in [0, 0.05) is 0 Å². The second-order valence-electron chi connectivity index (χ2n) is 4.56. The average Bonchev–Trinajstić information content (AvgIpc) is 2.59. The number of nitrogens with two attached hydrogens (primary N) is 1. The molecule has 2 N–H and O–H groups in total. The second-order valence-corrected chi connectivity index (χ2v) is 4.56. The molecule has 1 nitrogen and oxygen atoms in total. The molecule has 0 aliphatic heterocycles. The predicted molar refractivity (Wildman–Crippen MR) is 47.3 cm³/mol. The van der Waals surface area contributed by atoms with Crippen LogP contribution in [0.25, 0.3) is 0 Å². The molecule has 0 atom stereocenters. The van der Waals surface area contributed by atoms with Gasteiger partial charge in [-0.2, -0.15) is 0 Å². The fraction of sp³-hybridized carbons (Fsp3) is 1.00. The Bertz CT molecular complexity index is 132. The van der Waals surface area contributed by atoms with Crippen LogP contribution in [0.4, 0.5) is 0 Å². The lowest BCUT2D eigenvalue weighted by molar-refractivity contribution is 0.363. The Morgan fingerprint density at radius 2 is 1.82 bits per heavy atom. The van der Waals surface area contributed by atoms with Crippen molar-refractivity contribution in [2.75, 3.05) is 6.54 Å². The average molecular weight is 153 g/mol. The predicted octanol–water partition coefficient (Wildman–Crippen LogP) is 2.31. The van der Waals surface area contributed by atoms with Gasteiger partial charge in [-0.3, -0.25) is 0 Å². The van der Waals surface area contributed by atoms with Crippen LogP contribution in [0.1, 0.15) is 44.9 Å². The Kier molecular flexibility index (Phi) is 1.92. The van der Waals surface area contributed by atoms with Gasteiger partial charge in [0.1, 0.15) is 0 Å². The third-order valence-corrected chi connectivity index (χ3v) is 3.59. The molecule has 0 aromatic carbocycles. The summed E-state index contributed by atoms with van der Waals surface area (Å²) in [5, 5.41) is 0. The van der Waals surface area contributed by atoms with Gasteiger partial charge in [-0.05, 0) is 37.1 Å². The minimum absolute atomic E-state index is 0.634. The van der Waals surface area contributed by atoms with Crippen LogP contribution < -0.4 is 5.73 Å². The molecule has 2 rings (SSSR count). The van der Waals surface area contributed by atoms with Gasteiger partial charge in [0.05, 0.1) is 0 Å². The van der Waals surface area contributed by atoms with Gasteiger partial charge in [0.25, 0.3) is 0 Å². The van der Waals surface area contributed by atoms with Crippen molar-refractivity contribution in [1.82, 2.24) is 0 Å². The first-order chi connectivity index (χ1) is 5.35. The molecule has 2 fully saturated rings. The van der Waals surface area contributed by atoms with E-state index in [0.717, 1.165) is 12.5 Å². The molecule has 2 aliphatic carbocycles. The molecule has 64 valence electrons. The molecule has 0 radical (unpaired) electrons. The van der Waals surface area contributed by atoms with Crippen LogP contribution in [-0.4, -0.2) is 6.54 Å². The Labute approximate surface area is 69.4 Å². The maximum Gasteiger partial charge on any atom is -0.00204 e. The minimum atomic E-state index is 0.634. The third-order valence-electron chi connectivity index (χ3n) is 3.59. The van der Waals surface area contributed by atoms with E-state index in [2.05, 4.69) is 0 Å². The molecule has 0 unspecified atom stereocenters. The quantitative estimate of drug-likeness (QED) is 0.661. The molecule has 0 bridgehead atoms. The normalized spacial score (nSPS) is 29.2. The minimum Gasteiger partial charge on any atom is -0.330 e. The van der Waals surface area contributed by atoms with E-state index in [1.54, 1.807) is 0 Å². The highest BCUT2D eigenvalue weighted by atomic mass is 14.7. The standard InChI is InChI=1S/C10H19N/c11-8-10(5-6-10)7-9-3-1-2-4-9/h9H,1-8,11H2. The molecule has 2 saturated carbocycles. The molecule has 0 heterocycles. The zero-order valence-corrected chi connectivity index (χ0v) is 7.31. The summed E-state index contributed by atoms with van der Waals surface area (Å²) in [7, 11) is 0. The zero-order valence-electron chi connectivity index (χ0n) is 7.31. The molecule has 0 saturated heterocycles. The lowest BCUT2D eigenvalue weighted by Gasteiger charge is -2.16. The van der Waals surface area contributed by atoms with Gasteiger partial charge in [-0.25, -0.2) is 0 Å². The second kappa shape index (κ2) is 2.78. The van der Waals surface area contributed by atoms with E-state index in [9.17, 15) is 0 Å². The maximum atomic E-state index is 5.75. The van der Waals surface area contributed by atoms with Crippen LogP contribution in [0.5, 0.6) is 0 Å². The highest BCUT2D eigenvalue weighted by Crippen LogP contribution is 2.51. The Morgan fingerprint density at radius 1 is 1.18 bits per heavy atom. The van der Waals surface area contributed by atoms with E-state index in [0.29, 0.717) is 5.41 Å². The Hall–Kier alpha value is -0.0400. The Morgan fingerprint density at radius 3 is 2.27 bits per heavy atom. The lowest BCUT2D eigenvalue weighted by atomic mass is 9.91. The monoisotopic (exact) mass is 153 g/mol. The van der Waals surface area contributed by atoms with Crippen LogP contribution in [0.3, 0.4) is 0 Å². The summed E-state index contributed by atoms with van der Waals surface area (Å²) in [4.78, 5) is 0. The van der Waals surface area contributed by atoms with E-state index in [1.807, 2.05) is 0 Å². The van der Waals surface area contributed by atoms with Gasteiger partial charge in [-0.15, -0.1) is 0 Å². The molecule has 0 amide bonds. The molecule has 1 heteroatoms. The van der Waals surface area contributed by atoms with E-state index < -0.39 is 0 Å². The highest BCUT2D eigenvalue weighted by molar-refractivity contribution is 4.95. The smallest absolute Gasteiger partial charge is 0.00204 e. The van der Waals surface area contributed by atoms with Gasteiger partial charge in [-0.1, -0.05) is 25.7 Å². The van der Waals surface area contributed by atoms with E-state index in [4.69, 9.17) is 5.73 Å². The van der Waals surface area contributed by atoms with Crippen molar-refractivity contribution in [3.05, 3.63) is 0 Å². The van der Waals surface area contributed by atoms with Crippen molar-refractivity contribution in [3.63, 3.8) is 0 Å². The van der Waals surface area contributed by atoms with E-state index in [1.165, 1.54) is 44.9 Å². The summed E-state index contributed by atoms with van der Waals surface area (Å²) in [6, 6.07) is 0. The van der Waals surface area contributed by atoms with Crippen molar-refractivity contribution >= 4 is 0 Å². The first-order valence-corrected chi connectivity index (χ1v) is 5.05. The summed E-state index contributed by atoms with van der Waals surface area (Å²) in [6.45, 7) is 0.948. The fourth-order valence-electron chi connectivity index (χ4n) is 2.50. The van der Waals surface area contributed by atoms with Crippen LogP contribution in [-0.2, 0) is 0 Å². The molecular weight excluding hydrogens is 134 g/mol. The van der Waals surface area contributed by atoms with E-state index in [-0.39, 0.29) is 0 Å². The lowest BCUT2D eigenvalue weighted by Crippen LogP contribution is -2.18. The van der Waals surface area contributed by atoms with Crippen molar-refractivity contribution < 1.29 is 0 Å². The summed E-state index contributed by atoms with van der Waals surface area (Å²) in [5.41, 5.74) is 6.38. The SMILES string of the molecule is NCC1(CC2CCCC2)CC1. The largest absolute Gasteiger partial charge is 0.330 e. The van der Waals surface area contributed by atoms with Gasteiger partial charge >= 0.3 is 0 Å². The van der Waals surface area contributed by atoms with Gasteiger partial charge in [0.2, 0.25) is 0 Å². The molecular formula is C10H19N. The first kappa shape index (κ1) is 7.60. The number of hydrogen-bond acceptors (Lipinski definition) is 1. The Balaban J connectivity index is 1.80. The maximum absolute atomic E-state index is 5.75. The number of rotatable bonds is 3. The van der Waals surface area contributed by atoms with Gasteiger partial charge in [0.15, 0.2) is 0 Å². The summed E-state index contributed by atoms with van der Waals surface area (Å²) in [6.07, 6.45) is 10.2. The summed E-state index contributed by atoms with van der Waals surface area (Å²) < 4.78 is 0. The summed E-state index contributed by atoms with van der Waals surface area (Å²) >= 11 is 0. The molecule has 2 aliphatic rings. The van der Waals surface area contributed by atoms with Crippen molar-refractivity contribution in [3.8, 4) is 0 Å². The van der Waals surface area contributed by atoms with Gasteiger partial charge < -0.3 is 5.73 Å². The summed E-state index contributed by atoms with van der Waals surface area (Å²) in [5.74, 6) is 1.04. The molecule has 11 heavy (non-hydrogen) atoms. The number of hydrogen-bond donors (Lipinski definition) is 1. The topological polar surface area (TPSA) is 26.0 Å².